The van der Waals surface area contributed by atoms with Crippen molar-refractivity contribution in [1.82, 2.24) is 0 Å². The summed E-state index contributed by atoms with van der Waals surface area (Å²) < 4.78 is 13.1. The van der Waals surface area contributed by atoms with Gasteiger partial charge in [-0.25, -0.2) is 4.39 Å². The van der Waals surface area contributed by atoms with Crippen molar-refractivity contribution >= 4 is 22.7 Å². The first kappa shape index (κ1) is 9.83. The first-order chi connectivity index (χ1) is 6.77. The SMILES string of the molecule is OC(Cc1ccsc1)c1sccc1F. The normalized spacial score (nSPS) is 13.0. The van der Waals surface area contributed by atoms with E-state index < -0.39 is 6.10 Å². The first-order valence-electron chi connectivity index (χ1n) is 4.19. The zero-order chi connectivity index (χ0) is 9.97. The topological polar surface area (TPSA) is 20.2 Å². The maximum Gasteiger partial charge on any atom is 0.139 e. The van der Waals surface area contributed by atoms with Gasteiger partial charge >= 0.3 is 0 Å². The van der Waals surface area contributed by atoms with Crippen LogP contribution in [0.4, 0.5) is 4.39 Å². The maximum absolute atomic E-state index is 13.1. The molecule has 2 heterocycles. The predicted molar refractivity (Wildman–Crippen MR) is 57.3 cm³/mol. The van der Waals surface area contributed by atoms with Gasteiger partial charge in [0.2, 0.25) is 0 Å². The molecule has 0 amide bonds. The molecule has 14 heavy (non-hydrogen) atoms. The first-order valence-corrected chi connectivity index (χ1v) is 6.01. The third kappa shape index (κ3) is 2.03. The summed E-state index contributed by atoms with van der Waals surface area (Å²) in [7, 11) is 0. The van der Waals surface area contributed by atoms with Crippen LogP contribution in [0, 0.1) is 5.82 Å². The summed E-state index contributed by atoms with van der Waals surface area (Å²) in [5.74, 6) is -0.308. The van der Waals surface area contributed by atoms with Crippen molar-refractivity contribution in [2.75, 3.05) is 0 Å². The van der Waals surface area contributed by atoms with E-state index in [1.54, 1.807) is 16.7 Å². The average Bonchev–Trinajstić information content (AvgIpc) is 2.75. The molecule has 1 nitrogen and oxygen atoms in total. The van der Waals surface area contributed by atoms with Gasteiger partial charge in [-0.3, -0.25) is 0 Å². The highest BCUT2D eigenvalue weighted by Crippen LogP contribution is 2.26. The summed E-state index contributed by atoms with van der Waals surface area (Å²) in [5.41, 5.74) is 1.05. The molecule has 2 rings (SSSR count). The number of thiophene rings is 2. The number of rotatable bonds is 3. The van der Waals surface area contributed by atoms with Crippen LogP contribution in [0.15, 0.2) is 28.3 Å². The molecule has 0 aliphatic heterocycles. The Bertz CT molecular complexity index is 394. The fourth-order valence-corrected chi connectivity index (χ4v) is 2.70. The van der Waals surface area contributed by atoms with Gasteiger partial charge in [0, 0.05) is 6.42 Å². The Hall–Kier alpha value is -0.710. The molecule has 0 radical (unpaired) electrons. The number of hydrogen-bond donors (Lipinski definition) is 1. The second-order valence-electron chi connectivity index (χ2n) is 2.98. The summed E-state index contributed by atoms with van der Waals surface area (Å²) in [5, 5.41) is 15.3. The summed E-state index contributed by atoms with van der Waals surface area (Å²) in [6.45, 7) is 0. The Kier molecular flexibility index (Phi) is 2.96. The minimum Gasteiger partial charge on any atom is -0.387 e. The Morgan fingerprint density at radius 2 is 2.21 bits per heavy atom. The van der Waals surface area contributed by atoms with Crippen LogP contribution in [0.1, 0.15) is 16.5 Å². The largest absolute Gasteiger partial charge is 0.387 e. The molecule has 0 aromatic carbocycles. The molecule has 1 atom stereocenters. The lowest BCUT2D eigenvalue weighted by atomic mass is 10.1. The van der Waals surface area contributed by atoms with Crippen LogP contribution in [0.2, 0.25) is 0 Å². The highest BCUT2D eigenvalue weighted by Gasteiger charge is 2.14. The van der Waals surface area contributed by atoms with Gasteiger partial charge in [0.05, 0.1) is 11.0 Å². The van der Waals surface area contributed by atoms with Crippen molar-refractivity contribution in [1.29, 1.82) is 0 Å². The second kappa shape index (κ2) is 4.21. The van der Waals surface area contributed by atoms with E-state index in [1.807, 2.05) is 16.8 Å². The number of hydrogen-bond acceptors (Lipinski definition) is 3. The van der Waals surface area contributed by atoms with E-state index in [2.05, 4.69) is 0 Å². The van der Waals surface area contributed by atoms with Crippen LogP contribution in [-0.2, 0) is 6.42 Å². The van der Waals surface area contributed by atoms with Gasteiger partial charge in [-0.1, -0.05) is 0 Å². The minimum absolute atomic E-state index is 0.308. The minimum atomic E-state index is -0.718. The number of halogens is 1. The highest BCUT2D eigenvalue weighted by molar-refractivity contribution is 7.10. The molecule has 0 spiro atoms. The Morgan fingerprint density at radius 3 is 2.79 bits per heavy atom. The number of aliphatic hydroxyl groups is 1. The van der Waals surface area contributed by atoms with Gasteiger partial charge in [-0.05, 0) is 33.8 Å². The van der Waals surface area contributed by atoms with E-state index in [1.165, 1.54) is 17.4 Å². The zero-order valence-electron chi connectivity index (χ0n) is 7.31. The zero-order valence-corrected chi connectivity index (χ0v) is 8.95. The van der Waals surface area contributed by atoms with E-state index >= 15 is 0 Å². The smallest absolute Gasteiger partial charge is 0.139 e. The summed E-state index contributed by atoms with van der Waals surface area (Å²) in [6.07, 6.45) is -0.231. The van der Waals surface area contributed by atoms with Crippen LogP contribution in [0.5, 0.6) is 0 Å². The van der Waals surface area contributed by atoms with Gasteiger partial charge in [0.1, 0.15) is 5.82 Å². The van der Waals surface area contributed by atoms with Gasteiger partial charge < -0.3 is 5.11 Å². The van der Waals surface area contributed by atoms with E-state index in [4.69, 9.17) is 0 Å². The van der Waals surface area contributed by atoms with Crippen LogP contribution in [-0.4, -0.2) is 5.11 Å². The molecule has 0 saturated carbocycles. The predicted octanol–water partition coefficient (Wildman–Crippen LogP) is 3.22. The van der Waals surface area contributed by atoms with Gasteiger partial charge in [-0.15, -0.1) is 11.3 Å². The van der Waals surface area contributed by atoms with Crippen LogP contribution in [0.25, 0.3) is 0 Å². The molecular formula is C10H9FOS2. The fraction of sp³-hybridized carbons (Fsp3) is 0.200. The summed E-state index contributed by atoms with van der Waals surface area (Å²) >= 11 is 2.84. The van der Waals surface area contributed by atoms with Gasteiger partial charge in [-0.2, -0.15) is 11.3 Å². The van der Waals surface area contributed by atoms with Crippen molar-refractivity contribution in [2.24, 2.45) is 0 Å². The molecule has 0 aliphatic carbocycles. The summed E-state index contributed by atoms with van der Waals surface area (Å²) in [4.78, 5) is 0.427. The van der Waals surface area contributed by atoms with Crippen LogP contribution in [0.3, 0.4) is 0 Å². The van der Waals surface area contributed by atoms with Crippen molar-refractivity contribution in [3.63, 3.8) is 0 Å². The highest BCUT2D eigenvalue weighted by atomic mass is 32.1. The molecule has 2 aromatic rings. The van der Waals surface area contributed by atoms with Crippen molar-refractivity contribution in [3.8, 4) is 0 Å². The maximum atomic E-state index is 13.1. The fourth-order valence-electron chi connectivity index (χ4n) is 1.27. The lowest BCUT2D eigenvalue weighted by Crippen LogP contribution is -2.00. The molecule has 0 aliphatic rings. The molecule has 0 saturated heterocycles. The third-order valence-corrected chi connectivity index (χ3v) is 3.68. The van der Waals surface area contributed by atoms with E-state index in [9.17, 15) is 9.50 Å². The average molecular weight is 228 g/mol. The van der Waals surface area contributed by atoms with Gasteiger partial charge in [0.25, 0.3) is 0 Å². The van der Waals surface area contributed by atoms with Crippen molar-refractivity contribution < 1.29 is 9.50 Å². The molecule has 0 fully saturated rings. The lowest BCUT2D eigenvalue weighted by molar-refractivity contribution is 0.178. The van der Waals surface area contributed by atoms with Gasteiger partial charge in [0.15, 0.2) is 0 Å². The molecule has 2 aromatic heterocycles. The lowest BCUT2D eigenvalue weighted by Gasteiger charge is -2.06. The number of aliphatic hydroxyl groups excluding tert-OH is 1. The summed E-state index contributed by atoms with van der Waals surface area (Å²) in [6, 6.07) is 3.33. The molecule has 0 bridgehead atoms. The Balaban J connectivity index is 2.10. The van der Waals surface area contributed by atoms with Crippen LogP contribution >= 0.6 is 22.7 Å². The Morgan fingerprint density at radius 1 is 1.36 bits per heavy atom. The molecule has 1 N–H and O–H groups in total. The van der Waals surface area contributed by atoms with Crippen molar-refractivity contribution in [2.45, 2.75) is 12.5 Å². The molecule has 4 heteroatoms. The third-order valence-electron chi connectivity index (χ3n) is 1.96. The molecule has 1 unspecified atom stereocenters. The molecule has 74 valence electrons. The molecular weight excluding hydrogens is 219 g/mol. The van der Waals surface area contributed by atoms with E-state index in [0.29, 0.717) is 11.3 Å². The Labute approximate surface area is 89.5 Å². The quantitative estimate of drug-likeness (QED) is 0.855. The van der Waals surface area contributed by atoms with Crippen molar-refractivity contribution in [3.05, 3.63) is 44.5 Å². The van der Waals surface area contributed by atoms with Crippen LogP contribution < -0.4 is 0 Å². The monoisotopic (exact) mass is 228 g/mol. The standard InChI is InChI=1S/C10H9FOS2/c11-8-2-4-14-10(8)9(12)5-7-1-3-13-6-7/h1-4,6,9,12H,5H2. The van der Waals surface area contributed by atoms with E-state index in [-0.39, 0.29) is 5.82 Å². The second-order valence-corrected chi connectivity index (χ2v) is 4.71. The van der Waals surface area contributed by atoms with E-state index in [0.717, 1.165) is 5.56 Å².